The highest BCUT2D eigenvalue weighted by Crippen LogP contribution is 2.43. The maximum absolute atomic E-state index is 14.1. The Bertz CT molecular complexity index is 2520. The van der Waals surface area contributed by atoms with Crippen LogP contribution in [0.3, 0.4) is 0 Å². The molecule has 8 rings (SSSR count). The van der Waals surface area contributed by atoms with Gasteiger partial charge in [-0.1, -0.05) is 120 Å². The number of carbonyl (C=O) groups is 3. The summed E-state index contributed by atoms with van der Waals surface area (Å²) < 4.78 is 16.8. The van der Waals surface area contributed by atoms with E-state index in [1.165, 1.54) is 35.1 Å². The van der Waals surface area contributed by atoms with Gasteiger partial charge < -0.3 is 29.5 Å². The van der Waals surface area contributed by atoms with Gasteiger partial charge in [0.15, 0.2) is 16.6 Å². The summed E-state index contributed by atoms with van der Waals surface area (Å²) in [6.07, 6.45) is 3.35. The topological polar surface area (TPSA) is 157 Å². The number of allylic oxidation sites excluding steroid dienone is 1. The molecule has 2 atom stereocenters. The molecular weight excluding hydrogens is 881 g/mol. The highest BCUT2D eigenvalue weighted by molar-refractivity contribution is 9.10. The Kier molecular flexibility index (Phi) is 12.5. The molecule has 6 aromatic rings. The van der Waals surface area contributed by atoms with E-state index in [9.17, 15) is 14.4 Å². The van der Waals surface area contributed by atoms with Gasteiger partial charge in [-0.2, -0.15) is 0 Å². The smallest absolute Gasteiger partial charge is 0.355 e. The molecule has 1 saturated heterocycles. The quantitative estimate of drug-likeness (QED) is 0.0341. The number of ether oxygens (including phenoxy) is 2. The molecule has 0 unspecified atom stereocenters. The highest BCUT2D eigenvalue weighted by atomic mass is 79.9. The zero-order valence-electron chi connectivity index (χ0n) is 32.7. The van der Waals surface area contributed by atoms with Gasteiger partial charge in [-0.25, -0.2) is 9.78 Å². The average Bonchev–Trinajstić information content (AvgIpc) is 3.96. The van der Waals surface area contributed by atoms with Crippen molar-refractivity contribution in [1.82, 2.24) is 20.4 Å². The van der Waals surface area contributed by atoms with E-state index in [2.05, 4.69) is 73.3 Å². The Labute approximate surface area is 367 Å². The first kappa shape index (κ1) is 41.3. The highest BCUT2D eigenvalue weighted by Gasteiger charge is 2.54. The molecule has 308 valence electrons. The Hall–Kier alpha value is -6.49. The molecule has 61 heavy (non-hydrogen) atoms. The zero-order valence-corrected chi connectivity index (χ0v) is 35.9. The number of halogens is 1. The molecule has 4 aromatic carbocycles. The first-order chi connectivity index (χ1) is 29.8. The fourth-order valence-corrected chi connectivity index (χ4v) is 9.48. The van der Waals surface area contributed by atoms with Crippen LogP contribution in [0, 0.1) is 0 Å². The van der Waals surface area contributed by atoms with Gasteiger partial charge in [0, 0.05) is 17.2 Å². The number of carbonyl (C=O) groups excluding carboxylic acids is 3. The number of β-lactam (4-membered cyclic amide) rings is 1. The van der Waals surface area contributed by atoms with Crippen LogP contribution in [0.2, 0.25) is 0 Å². The number of rotatable bonds is 15. The molecule has 2 aliphatic rings. The van der Waals surface area contributed by atoms with Crippen LogP contribution in [0.25, 0.3) is 6.08 Å². The maximum atomic E-state index is 14.1. The van der Waals surface area contributed by atoms with Crippen LogP contribution >= 0.6 is 39.0 Å². The normalized spacial score (nSPS) is 16.5. The summed E-state index contributed by atoms with van der Waals surface area (Å²) in [5.41, 5.74) is 3.53. The lowest BCUT2D eigenvalue weighted by molar-refractivity contribution is -0.153. The number of esters is 1. The van der Waals surface area contributed by atoms with E-state index < -0.39 is 34.7 Å². The number of methoxy groups -OCH3 is 1. The van der Waals surface area contributed by atoms with E-state index >= 15 is 0 Å². The minimum Gasteiger partial charge on any atom is -0.497 e. The number of fused-ring (bicyclic) bond motifs is 1. The number of thioether (sulfide) groups is 1. The number of hydrogen-bond donors (Lipinski definition) is 2. The second-order valence-electron chi connectivity index (χ2n) is 13.7. The van der Waals surface area contributed by atoms with Gasteiger partial charge in [0.2, 0.25) is 0 Å². The molecule has 2 N–H and O–H groups in total. The van der Waals surface area contributed by atoms with E-state index in [-0.39, 0.29) is 23.7 Å². The monoisotopic (exact) mass is 916 g/mol. The van der Waals surface area contributed by atoms with Gasteiger partial charge >= 0.3 is 5.97 Å². The Morgan fingerprint density at radius 3 is 2.15 bits per heavy atom. The zero-order chi connectivity index (χ0) is 42.3. The number of nitrogens with one attached hydrogen (secondary N) is 2. The number of amides is 2. The number of oxime groups is 1. The molecule has 4 heterocycles. The van der Waals surface area contributed by atoms with Crippen LogP contribution in [0.1, 0.15) is 33.7 Å². The summed E-state index contributed by atoms with van der Waals surface area (Å²) in [5, 5.41) is 16.1. The van der Waals surface area contributed by atoms with Gasteiger partial charge in [0.05, 0.1) is 7.11 Å². The molecule has 0 bridgehead atoms. The van der Waals surface area contributed by atoms with Crippen molar-refractivity contribution in [1.29, 1.82) is 0 Å². The average molecular weight is 918 g/mol. The number of nitrogens with zero attached hydrogens (tertiary/aromatic N) is 4. The molecule has 13 nitrogen and oxygen atoms in total. The molecule has 0 radical (unpaired) electrons. The first-order valence-corrected chi connectivity index (χ1v) is 21.6. The molecule has 2 aromatic heterocycles. The van der Waals surface area contributed by atoms with Crippen LogP contribution in [0.15, 0.2) is 158 Å². The lowest BCUT2D eigenvalue weighted by Gasteiger charge is -2.49. The van der Waals surface area contributed by atoms with E-state index in [1.54, 1.807) is 55.0 Å². The molecular formula is C45H37BrN6O7S2. The van der Waals surface area contributed by atoms with Gasteiger partial charge in [-0.3, -0.25) is 14.5 Å². The lowest BCUT2D eigenvalue weighted by atomic mass is 9.77. The minimum atomic E-state index is -0.988. The molecule has 0 saturated carbocycles. The molecule has 0 aliphatic carbocycles. The minimum absolute atomic E-state index is 0.0388. The Morgan fingerprint density at radius 1 is 0.934 bits per heavy atom. The fourth-order valence-electron chi connectivity index (χ4n) is 7.11. The Balaban J connectivity index is 1.04. The van der Waals surface area contributed by atoms with Crippen molar-refractivity contribution in [2.24, 2.45) is 5.16 Å². The maximum Gasteiger partial charge on any atom is 0.355 e. The number of aromatic nitrogens is 2. The van der Waals surface area contributed by atoms with E-state index in [0.717, 1.165) is 22.3 Å². The third-order valence-corrected chi connectivity index (χ3v) is 12.4. The van der Waals surface area contributed by atoms with E-state index in [1.807, 2.05) is 54.6 Å². The molecule has 0 spiro atoms. The Morgan fingerprint density at radius 2 is 1.57 bits per heavy atom. The van der Waals surface area contributed by atoms with E-state index in [4.69, 9.17) is 23.8 Å². The van der Waals surface area contributed by atoms with Gasteiger partial charge in [-0.05, 0) is 62.0 Å². The molecule has 1 fully saturated rings. The second kappa shape index (κ2) is 18.4. The van der Waals surface area contributed by atoms with Crippen LogP contribution in [0.5, 0.6) is 5.75 Å². The van der Waals surface area contributed by atoms with Gasteiger partial charge in [-0.15, -0.1) is 23.1 Å². The van der Waals surface area contributed by atoms with Crippen LogP contribution in [-0.2, 0) is 36.1 Å². The number of anilines is 1. The standard InChI is InChI=1S/C45H37BrN6O7S2/c1-56-33-21-18-28(19-22-33)25-58-43(55)39-29(20-23-34-24-36(46)50-59-34)26-60-42-38(41(54)52(39)42)48-40(53)37(51-57-2)35-27-61-44(47-35)49-45(30-12-6-3-7-13-30,31-14-8-4-9-15-31)32-16-10-5-11-17-32/h3-24,27,38,42H,25-26H2,1-2H3,(H,47,49)(H,48,53)/b23-20+,51-37-/t38-,42-/m1/s1. The third-order valence-electron chi connectivity index (χ3n) is 10.0. The van der Waals surface area contributed by atoms with Crippen LogP contribution in [0.4, 0.5) is 5.13 Å². The largest absolute Gasteiger partial charge is 0.497 e. The van der Waals surface area contributed by atoms with E-state index in [0.29, 0.717) is 32.6 Å². The van der Waals surface area contributed by atoms with Crippen molar-refractivity contribution in [2.75, 3.05) is 25.3 Å². The van der Waals surface area contributed by atoms with Crippen molar-refractivity contribution < 1.29 is 33.2 Å². The predicted molar refractivity (Wildman–Crippen MR) is 237 cm³/mol. The third kappa shape index (κ3) is 8.60. The summed E-state index contributed by atoms with van der Waals surface area (Å²) in [7, 11) is 2.90. The van der Waals surface area contributed by atoms with Gasteiger partial charge in [0.1, 0.15) is 52.4 Å². The summed E-state index contributed by atoms with van der Waals surface area (Å²) in [5.74, 6) is -0.435. The van der Waals surface area contributed by atoms with Crippen molar-refractivity contribution in [3.8, 4) is 5.75 Å². The van der Waals surface area contributed by atoms with Crippen molar-refractivity contribution in [2.45, 2.75) is 23.6 Å². The number of hydrogen-bond acceptors (Lipinski definition) is 13. The van der Waals surface area contributed by atoms with Gasteiger partial charge in [0.25, 0.3) is 11.8 Å². The van der Waals surface area contributed by atoms with Crippen LogP contribution in [-0.4, -0.2) is 69.9 Å². The van der Waals surface area contributed by atoms with Crippen LogP contribution < -0.4 is 15.4 Å². The SMILES string of the molecule is CO/N=C(\C(=O)N[C@@H]1C(=O)N2C(C(=O)OCc3ccc(OC)cc3)=C(/C=C/c3cc(Br)no3)CS[C@H]12)c1csc(NC(c2ccccc2)(c2ccccc2)c2ccccc2)n1. The van der Waals surface area contributed by atoms with Crippen molar-refractivity contribution >= 4 is 73.7 Å². The summed E-state index contributed by atoms with van der Waals surface area (Å²) in [6.45, 7) is -0.0388. The lowest BCUT2D eigenvalue weighted by Crippen LogP contribution is -2.71. The summed E-state index contributed by atoms with van der Waals surface area (Å²) in [4.78, 5) is 53.2. The fraction of sp³-hybridized carbons (Fsp3) is 0.156. The molecule has 16 heteroatoms. The van der Waals surface area contributed by atoms with Crippen molar-refractivity contribution in [3.05, 3.63) is 182 Å². The molecule has 2 aliphatic heterocycles. The first-order valence-electron chi connectivity index (χ1n) is 18.9. The summed E-state index contributed by atoms with van der Waals surface area (Å²) in [6, 6.07) is 38.0. The number of benzene rings is 4. The summed E-state index contributed by atoms with van der Waals surface area (Å²) >= 11 is 5.96. The number of thiazole rings is 1. The molecule has 2 amide bonds. The second-order valence-corrected chi connectivity index (χ2v) is 16.5. The predicted octanol–water partition coefficient (Wildman–Crippen LogP) is 7.77. The van der Waals surface area contributed by atoms with Crippen molar-refractivity contribution in [3.63, 3.8) is 0 Å².